The normalized spacial score (nSPS) is 12.0. The van der Waals surface area contributed by atoms with Crippen LogP contribution in [0.3, 0.4) is 0 Å². The maximum Gasteiger partial charge on any atom is 0.407 e. The molecule has 25 heavy (non-hydrogen) atoms. The molecule has 0 aromatic rings. The Bertz CT molecular complexity index is 398. The molecule has 0 heterocycles. The summed E-state index contributed by atoms with van der Waals surface area (Å²) in [7, 11) is 3.37. The number of carbonyl (C=O) groups is 1. The standard InChI is InChI=1S/C17H32N2O3S3/c1-14(2)8-7-9-19-16(20)21-11-5-6-12-22-17(23)25-24-13-10-18-15(3)4/h14-15,17-18,23H,5-6,9-13H2,1-4H3,(H,19,20). The third-order valence-corrected chi connectivity index (χ3v) is 5.77. The summed E-state index contributed by atoms with van der Waals surface area (Å²) >= 11 is 4.38. The summed E-state index contributed by atoms with van der Waals surface area (Å²) in [5, 5.41) is 5.96. The Hall–Kier alpha value is -0.200. The lowest BCUT2D eigenvalue weighted by molar-refractivity contribution is 0.130. The van der Waals surface area contributed by atoms with Gasteiger partial charge in [0.15, 0.2) is 4.77 Å². The van der Waals surface area contributed by atoms with E-state index in [2.05, 4.69) is 49.0 Å². The van der Waals surface area contributed by atoms with Crippen LogP contribution >= 0.6 is 34.2 Å². The SMILES string of the molecule is CC(C)C#CCNC(=O)OCCCCOC(S)SSCCNC(C)C. The number of alkyl carbamates (subject to hydrolysis) is 1. The van der Waals surface area contributed by atoms with Crippen molar-refractivity contribution in [3.8, 4) is 11.8 Å². The molecule has 0 fully saturated rings. The van der Waals surface area contributed by atoms with Gasteiger partial charge < -0.3 is 20.1 Å². The van der Waals surface area contributed by atoms with E-state index in [0.29, 0.717) is 31.7 Å². The van der Waals surface area contributed by atoms with E-state index < -0.39 is 6.09 Å². The average Bonchev–Trinajstić information content (AvgIpc) is 2.54. The Kier molecular flexibility index (Phi) is 17.1. The first-order chi connectivity index (χ1) is 11.9. The molecule has 146 valence electrons. The van der Waals surface area contributed by atoms with Crippen molar-refractivity contribution in [2.24, 2.45) is 5.92 Å². The van der Waals surface area contributed by atoms with E-state index in [1.54, 1.807) is 21.6 Å². The fourth-order valence-electron chi connectivity index (χ4n) is 1.50. The quantitative estimate of drug-likeness (QED) is 0.142. The Morgan fingerprint density at radius 3 is 2.60 bits per heavy atom. The molecule has 0 bridgehead atoms. The second kappa shape index (κ2) is 17.2. The molecule has 0 aliphatic carbocycles. The van der Waals surface area contributed by atoms with E-state index in [9.17, 15) is 4.79 Å². The van der Waals surface area contributed by atoms with E-state index in [4.69, 9.17) is 9.47 Å². The van der Waals surface area contributed by atoms with Crippen molar-refractivity contribution >= 4 is 40.3 Å². The van der Waals surface area contributed by atoms with Crippen LogP contribution in [0.5, 0.6) is 0 Å². The molecule has 0 radical (unpaired) electrons. The van der Waals surface area contributed by atoms with Crippen molar-refractivity contribution in [3.63, 3.8) is 0 Å². The first-order valence-electron chi connectivity index (χ1n) is 8.62. The van der Waals surface area contributed by atoms with Gasteiger partial charge in [0.1, 0.15) is 0 Å². The third-order valence-electron chi connectivity index (χ3n) is 2.63. The van der Waals surface area contributed by atoms with Gasteiger partial charge in [-0.3, -0.25) is 0 Å². The zero-order valence-electron chi connectivity index (χ0n) is 15.7. The highest BCUT2D eigenvalue weighted by molar-refractivity contribution is 8.78. The smallest absolute Gasteiger partial charge is 0.407 e. The molecule has 0 rings (SSSR count). The predicted molar refractivity (Wildman–Crippen MR) is 113 cm³/mol. The van der Waals surface area contributed by atoms with Gasteiger partial charge in [0.2, 0.25) is 0 Å². The zero-order chi connectivity index (χ0) is 18.9. The van der Waals surface area contributed by atoms with Gasteiger partial charge in [-0.1, -0.05) is 61.1 Å². The lowest BCUT2D eigenvalue weighted by Gasteiger charge is -2.12. The number of ether oxygens (including phenoxy) is 2. The monoisotopic (exact) mass is 408 g/mol. The number of rotatable bonds is 13. The molecule has 0 saturated heterocycles. The summed E-state index contributed by atoms with van der Waals surface area (Å²) in [4.78, 5) is 11.4. The van der Waals surface area contributed by atoms with Gasteiger partial charge in [0, 0.05) is 30.9 Å². The van der Waals surface area contributed by atoms with E-state index in [1.165, 1.54) is 0 Å². The Morgan fingerprint density at radius 2 is 1.92 bits per heavy atom. The molecule has 8 heteroatoms. The molecule has 1 unspecified atom stereocenters. The van der Waals surface area contributed by atoms with Crippen molar-refractivity contribution in [3.05, 3.63) is 0 Å². The van der Waals surface area contributed by atoms with Gasteiger partial charge in [-0.2, -0.15) is 0 Å². The lowest BCUT2D eigenvalue weighted by Crippen LogP contribution is -2.25. The maximum absolute atomic E-state index is 11.4. The molecule has 0 saturated carbocycles. The number of thiol groups is 1. The van der Waals surface area contributed by atoms with Crippen molar-refractivity contribution in [2.75, 3.05) is 32.1 Å². The minimum atomic E-state index is -0.423. The number of carbonyl (C=O) groups excluding carboxylic acids is 1. The van der Waals surface area contributed by atoms with Crippen LogP contribution < -0.4 is 10.6 Å². The van der Waals surface area contributed by atoms with E-state index in [1.807, 2.05) is 13.8 Å². The highest BCUT2D eigenvalue weighted by atomic mass is 33.1. The molecule has 1 amide bonds. The molecule has 1 atom stereocenters. The predicted octanol–water partition coefficient (Wildman–Crippen LogP) is 3.76. The Labute approximate surface area is 166 Å². The van der Waals surface area contributed by atoms with Gasteiger partial charge in [0.25, 0.3) is 0 Å². The van der Waals surface area contributed by atoms with Crippen molar-refractivity contribution in [1.82, 2.24) is 10.6 Å². The van der Waals surface area contributed by atoms with E-state index >= 15 is 0 Å². The van der Waals surface area contributed by atoms with Crippen LogP contribution in [0.15, 0.2) is 0 Å². The largest absolute Gasteiger partial charge is 0.450 e. The summed E-state index contributed by atoms with van der Waals surface area (Å²) in [6.07, 6.45) is 1.17. The number of amides is 1. The van der Waals surface area contributed by atoms with Crippen molar-refractivity contribution < 1.29 is 14.3 Å². The van der Waals surface area contributed by atoms with E-state index in [0.717, 1.165) is 25.1 Å². The van der Waals surface area contributed by atoms with Crippen molar-refractivity contribution in [1.29, 1.82) is 0 Å². The minimum Gasteiger partial charge on any atom is -0.450 e. The highest BCUT2D eigenvalue weighted by Gasteiger charge is 2.05. The first kappa shape index (κ1) is 24.8. The fraction of sp³-hybridized carbons (Fsp3) is 0.824. The zero-order valence-corrected chi connectivity index (χ0v) is 18.2. The second-order valence-corrected chi connectivity index (χ2v) is 9.24. The Morgan fingerprint density at radius 1 is 1.20 bits per heavy atom. The fourth-order valence-corrected chi connectivity index (χ4v) is 3.77. The molecule has 2 N–H and O–H groups in total. The molecule has 0 aromatic heterocycles. The highest BCUT2D eigenvalue weighted by Crippen LogP contribution is 2.29. The number of unbranched alkanes of at least 4 members (excludes halogenated alkanes) is 1. The van der Waals surface area contributed by atoms with E-state index in [-0.39, 0.29) is 4.77 Å². The topological polar surface area (TPSA) is 59.6 Å². The summed E-state index contributed by atoms with van der Waals surface area (Å²) in [6, 6.07) is 0.519. The molecular weight excluding hydrogens is 376 g/mol. The molecule has 0 spiro atoms. The molecule has 0 aliphatic rings. The van der Waals surface area contributed by atoms with Gasteiger partial charge in [-0.15, -0.1) is 12.6 Å². The number of hydrogen-bond acceptors (Lipinski definition) is 7. The second-order valence-electron chi connectivity index (χ2n) is 5.88. The summed E-state index contributed by atoms with van der Waals surface area (Å²) in [5.74, 6) is 7.17. The van der Waals surface area contributed by atoms with Crippen LogP contribution in [0, 0.1) is 17.8 Å². The van der Waals surface area contributed by atoms with Gasteiger partial charge in [0.05, 0.1) is 13.2 Å². The van der Waals surface area contributed by atoms with Crippen LogP contribution in [-0.4, -0.2) is 49.0 Å². The summed E-state index contributed by atoms with van der Waals surface area (Å²) < 4.78 is 10.5. The van der Waals surface area contributed by atoms with Gasteiger partial charge in [-0.25, -0.2) is 4.79 Å². The molecular formula is C17H32N2O3S3. The molecule has 5 nitrogen and oxygen atoms in total. The van der Waals surface area contributed by atoms with Crippen LogP contribution in [0.2, 0.25) is 0 Å². The third kappa shape index (κ3) is 20.0. The maximum atomic E-state index is 11.4. The molecule has 0 aliphatic heterocycles. The first-order valence-corrected chi connectivity index (χ1v) is 11.5. The molecule has 0 aromatic carbocycles. The van der Waals surface area contributed by atoms with Crippen LogP contribution in [0.25, 0.3) is 0 Å². The minimum absolute atomic E-state index is 0.132. The average molecular weight is 409 g/mol. The lowest BCUT2D eigenvalue weighted by atomic mass is 10.2. The Balaban J connectivity index is 3.39. The summed E-state index contributed by atoms with van der Waals surface area (Å²) in [5.41, 5.74) is 0. The number of nitrogens with one attached hydrogen (secondary N) is 2. The summed E-state index contributed by atoms with van der Waals surface area (Å²) in [6.45, 7) is 10.6. The number of hydrogen-bond donors (Lipinski definition) is 3. The van der Waals surface area contributed by atoms with Crippen LogP contribution in [0.1, 0.15) is 40.5 Å². The van der Waals surface area contributed by atoms with Gasteiger partial charge >= 0.3 is 6.09 Å². The van der Waals surface area contributed by atoms with Crippen molar-refractivity contribution in [2.45, 2.75) is 51.3 Å². The van der Waals surface area contributed by atoms with Crippen LogP contribution in [-0.2, 0) is 9.47 Å². The van der Waals surface area contributed by atoms with Gasteiger partial charge in [-0.05, 0) is 12.8 Å². The van der Waals surface area contributed by atoms with Crippen LogP contribution in [0.4, 0.5) is 4.79 Å².